The highest BCUT2D eigenvalue weighted by molar-refractivity contribution is 7.20. The maximum atomic E-state index is 11.3. The second-order valence-corrected chi connectivity index (χ2v) is 6.68. The van der Waals surface area contributed by atoms with Crippen LogP contribution in [0.2, 0.25) is 0 Å². The molecule has 1 N–H and O–H groups in total. The summed E-state index contributed by atoms with van der Waals surface area (Å²) in [7, 11) is 3.46. The third kappa shape index (κ3) is 5.03. The number of benzene rings is 1. The molecule has 2 heterocycles. The second kappa shape index (κ2) is 9.01. The van der Waals surface area contributed by atoms with Crippen molar-refractivity contribution in [1.29, 1.82) is 0 Å². The number of carbonyl (C=O) groups excluding carboxylic acids is 1. The van der Waals surface area contributed by atoms with Gasteiger partial charge in [0.2, 0.25) is 0 Å². The molecule has 1 aromatic carbocycles. The van der Waals surface area contributed by atoms with Gasteiger partial charge >= 0.3 is 0 Å². The Morgan fingerprint density at radius 3 is 2.61 bits per heavy atom. The number of likely N-dealkylation sites (tertiary alicyclic amines) is 1. The van der Waals surface area contributed by atoms with Crippen molar-refractivity contribution in [1.82, 2.24) is 10.2 Å². The van der Waals surface area contributed by atoms with E-state index < -0.39 is 0 Å². The molecule has 1 amide bonds. The maximum absolute atomic E-state index is 11.3. The van der Waals surface area contributed by atoms with Crippen LogP contribution in [0.3, 0.4) is 0 Å². The van der Waals surface area contributed by atoms with Crippen LogP contribution in [0.25, 0.3) is 10.1 Å². The van der Waals surface area contributed by atoms with Crippen LogP contribution in [-0.2, 0) is 4.74 Å². The number of fused-ring (bicyclic) bond motifs is 1. The number of carbonyl (C=O) groups is 1. The predicted octanol–water partition coefficient (Wildman–Crippen LogP) is 3.38. The van der Waals surface area contributed by atoms with Gasteiger partial charge in [0.15, 0.2) is 0 Å². The van der Waals surface area contributed by atoms with Crippen LogP contribution < -0.4 is 5.32 Å². The Kier molecular flexibility index (Phi) is 7.02. The Bertz CT molecular complexity index is 573. The normalized spacial score (nSPS) is 16.0. The SMILES string of the molecule is CCN1CCC(OC)CC1.CNC(=O)c1cc2ccccc2s1. The van der Waals surface area contributed by atoms with Crippen molar-refractivity contribution in [2.24, 2.45) is 0 Å². The van der Waals surface area contributed by atoms with E-state index in [0.717, 1.165) is 15.0 Å². The van der Waals surface area contributed by atoms with Crippen molar-refractivity contribution in [2.45, 2.75) is 25.9 Å². The lowest BCUT2D eigenvalue weighted by atomic mass is 10.1. The van der Waals surface area contributed by atoms with Crippen molar-refractivity contribution in [3.05, 3.63) is 35.2 Å². The van der Waals surface area contributed by atoms with E-state index in [1.807, 2.05) is 37.4 Å². The highest BCUT2D eigenvalue weighted by atomic mass is 32.1. The van der Waals surface area contributed by atoms with E-state index in [2.05, 4.69) is 17.1 Å². The molecule has 4 nitrogen and oxygen atoms in total. The summed E-state index contributed by atoms with van der Waals surface area (Å²) in [5, 5.41) is 3.74. The Labute approximate surface area is 142 Å². The average molecular weight is 334 g/mol. The minimum absolute atomic E-state index is 0.0128. The number of nitrogens with zero attached hydrogens (tertiary/aromatic N) is 1. The molecule has 0 bridgehead atoms. The number of nitrogens with one attached hydrogen (secondary N) is 1. The number of methoxy groups -OCH3 is 1. The first kappa shape index (κ1) is 17.9. The quantitative estimate of drug-likeness (QED) is 0.935. The zero-order valence-corrected chi connectivity index (χ0v) is 15.0. The summed E-state index contributed by atoms with van der Waals surface area (Å²) in [4.78, 5) is 14.5. The first-order chi connectivity index (χ1) is 11.2. The molecule has 0 spiro atoms. The summed E-state index contributed by atoms with van der Waals surface area (Å²) < 4.78 is 6.41. The standard InChI is InChI=1S/C10H9NOS.C8H17NO/c1-11-10(12)9-6-7-4-2-3-5-8(7)13-9;1-3-9-6-4-8(10-2)5-7-9/h2-6H,1H3,(H,11,12);8H,3-7H2,1-2H3. The van der Waals surface area contributed by atoms with Gasteiger partial charge in [-0.3, -0.25) is 4.79 Å². The van der Waals surface area contributed by atoms with Gasteiger partial charge in [-0.15, -0.1) is 11.3 Å². The van der Waals surface area contributed by atoms with E-state index in [0.29, 0.717) is 6.10 Å². The highest BCUT2D eigenvalue weighted by Gasteiger charge is 2.16. The lowest BCUT2D eigenvalue weighted by Crippen LogP contribution is -2.36. The largest absolute Gasteiger partial charge is 0.381 e. The Morgan fingerprint density at radius 1 is 1.35 bits per heavy atom. The third-order valence-electron chi connectivity index (χ3n) is 4.19. The molecule has 0 unspecified atom stereocenters. The van der Waals surface area contributed by atoms with Crippen molar-refractivity contribution in [2.75, 3.05) is 33.8 Å². The van der Waals surface area contributed by atoms with Crippen LogP contribution in [0.5, 0.6) is 0 Å². The number of amides is 1. The molecule has 23 heavy (non-hydrogen) atoms. The lowest BCUT2D eigenvalue weighted by Gasteiger charge is -2.29. The van der Waals surface area contributed by atoms with Crippen molar-refractivity contribution in [3.63, 3.8) is 0 Å². The molecule has 126 valence electrons. The highest BCUT2D eigenvalue weighted by Crippen LogP contribution is 2.24. The van der Waals surface area contributed by atoms with E-state index >= 15 is 0 Å². The van der Waals surface area contributed by atoms with Gasteiger partial charge in [0.1, 0.15) is 0 Å². The molecule has 1 saturated heterocycles. The number of rotatable bonds is 3. The fraction of sp³-hybridized carbons (Fsp3) is 0.500. The van der Waals surface area contributed by atoms with Crippen LogP contribution in [0.1, 0.15) is 29.4 Å². The van der Waals surface area contributed by atoms with Gasteiger partial charge in [-0.05, 0) is 36.9 Å². The molecule has 0 saturated carbocycles. The van der Waals surface area contributed by atoms with E-state index in [1.165, 1.54) is 43.8 Å². The van der Waals surface area contributed by atoms with Crippen LogP contribution in [0, 0.1) is 0 Å². The molecule has 0 aliphatic carbocycles. The van der Waals surface area contributed by atoms with Gasteiger partial charge < -0.3 is 15.0 Å². The first-order valence-corrected chi connectivity index (χ1v) is 8.95. The van der Waals surface area contributed by atoms with Crippen LogP contribution in [0.4, 0.5) is 0 Å². The lowest BCUT2D eigenvalue weighted by molar-refractivity contribution is 0.0427. The smallest absolute Gasteiger partial charge is 0.261 e. The summed E-state index contributed by atoms with van der Waals surface area (Å²) in [6, 6.07) is 9.90. The number of hydrogen-bond donors (Lipinski definition) is 1. The van der Waals surface area contributed by atoms with E-state index in [9.17, 15) is 4.79 Å². The predicted molar refractivity (Wildman–Crippen MR) is 97.4 cm³/mol. The number of thiophene rings is 1. The molecule has 5 heteroatoms. The van der Waals surface area contributed by atoms with Gasteiger partial charge in [-0.2, -0.15) is 0 Å². The van der Waals surface area contributed by atoms with Crippen LogP contribution in [0.15, 0.2) is 30.3 Å². The molecule has 0 atom stereocenters. The molecular weight excluding hydrogens is 308 g/mol. The Morgan fingerprint density at radius 2 is 2.04 bits per heavy atom. The van der Waals surface area contributed by atoms with Gasteiger partial charge in [0.05, 0.1) is 11.0 Å². The monoisotopic (exact) mass is 334 g/mol. The Balaban J connectivity index is 0.000000174. The van der Waals surface area contributed by atoms with Gasteiger partial charge in [-0.1, -0.05) is 25.1 Å². The summed E-state index contributed by atoms with van der Waals surface area (Å²) >= 11 is 1.52. The van der Waals surface area contributed by atoms with Gasteiger partial charge in [0, 0.05) is 31.9 Å². The molecule has 1 aromatic heterocycles. The van der Waals surface area contributed by atoms with Crippen molar-refractivity contribution < 1.29 is 9.53 Å². The van der Waals surface area contributed by atoms with Gasteiger partial charge in [-0.25, -0.2) is 0 Å². The first-order valence-electron chi connectivity index (χ1n) is 8.13. The number of hydrogen-bond acceptors (Lipinski definition) is 4. The summed E-state index contributed by atoms with van der Waals surface area (Å²) in [6.45, 7) is 5.84. The van der Waals surface area contributed by atoms with Crippen LogP contribution in [-0.4, -0.2) is 50.7 Å². The van der Waals surface area contributed by atoms with E-state index in [4.69, 9.17) is 4.74 Å². The van der Waals surface area contributed by atoms with E-state index in [1.54, 1.807) is 7.05 Å². The number of piperidine rings is 1. The molecule has 3 rings (SSSR count). The second-order valence-electron chi connectivity index (χ2n) is 5.60. The molecule has 1 aliphatic rings. The molecular formula is C18H26N2O2S. The average Bonchev–Trinajstić information content (AvgIpc) is 3.06. The summed E-state index contributed by atoms with van der Waals surface area (Å²) in [5.74, 6) is -0.0128. The zero-order chi connectivity index (χ0) is 16.7. The minimum Gasteiger partial charge on any atom is -0.381 e. The summed E-state index contributed by atoms with van der Waals surface area (Å²) in [6.07, 6.45) is 2.96. The topological polar surface area (TPSA) is 41.6 Å². The Hall–Kier alpha value is -1.43. The van der Waals surface area contributed by atoms with Crippen LogP contribution >= 0.6 is 11.3 Å². The van der Waals surface area contributed by atoms with Crippen molar-refractivity contribution in [3.8, 4) is 0 Å². The third-order valence-corrected chi connectivity index (χ3v) is 5.31. The maximum Gasteiger partial charge on any atom is 0.261 e. The molecule has 1 aliphatic heterocycles. The van der Waals surface area contributed by atoms with Gasteiger partial charge in [0.25, 0.3) is 5.91 Å². The zero-order valence-electron chi connectivity index (χ0n) is 14.2. The van der Waals surface area contributed by atoms with E-state index in [-0.39, 0.29) is 5.91 Å². The fourth-order valence-corrected chi connectivity index (χ4v) is 3.69. The number of ether oxygens (including phenoxy) is 1. The molecule has 0 radical (unpaired) electrons. The summed E-state index contributed by atoms with van der Waals surface area (Å²) in [5.41, 5.74) is 0. The van der Waals surface area contributed by atoms with Crippen molar-refractivity contribution >= 4 is 27.3 Å². The molecule has 1 fully saturated rings. The molecule has 2 aromatic rings. The minimum atomic E-state index is -0.0128. The fourth-order valence-electron chi connectivity index (χ4n) is 2.68.